The Bertz CT molecular complexity index is 838. The standard InChI is InChI=1S/C17H20N2O4S2/c1-12-10-24-17(18-12)15-4-2-14(3-5-15)16(20)19-25(21,22)11-13-6-8-23-9-7-13/h2-5,10,13H,6-9,11H2,1H3,(H,19,20). The lowest BCUT2D eigenvalue weighted by atomic mass is 10.0. The van der Waals surface area contributed by atoms with Crippen LogP contribution < -0.4 is 4.72 Å². The fraction of sp³-hybridized carbons (Fsp3) is 0.412. The number of nitrogens with zero attached hydrogens (tertiary/aromatic N) is 1. The Hall–Kier alpha value is -1.77. The van der Waals surface area contributed by atoms with Gasteiger partial charge in [0.05, 0.1) is 5.75 Å². The number of hydrogen-bond acceptors (Lipinski definition) is 6. The van der Waals surface area contributed by atoms with Crippen molar-refractivity contribution < 1.29 is 17.9 Å². The molecule has 1 amide bonds. The molecule has 134 valence electrons. The molecule has 1 N–H and O–H groups in total. The number of benzene rings is 1. The third-order valence-corrected chi connectivity index (χ3v) is 6.47. The van der Waals surface area contributed by atoms with E-state index < -0.39 is 15.9 Å². The second-order valence-corrected chi connectivity index (χ2v) is 8.76. The molecule has 1 aliphatic rings. The average Bonchev–Trinajstić information content (AvgIpc) is 3.01. The summed E-state index contributed by atoms with van der Waals surface area (Å²) >= 11 is 1.53. The summed E-state index contributed by atoms with van der Waals surface area (Å²) in [5.41, 5.74) is 2.16. The zero-order valence-corrected chi connectivity index (χ0v) is 15.5. The van der Waals surface area contributed by atoms with E-state index in [1.54, 1.807) is 24.3 Å². The number of rotatable bonds is 5. The summed E-state index contributed by atoms with van der Waals surface area (Å²) in [6, 6.07) is 6.79. The van der Waals surface area contributed by atoms with Crippen LogP contribution in [-0.4, -0.2) is 38.3 Å². The summed E-state index contributed by atoms with van der Waals surface area (Å²) in [6.07, 6.45) is 1.41. The predicted molar refractivity (Wildman–Crippen MR) is 97.1 cm³/mol. The van der Waals surface area contributed by atoms with E-state index >= 15 is 0 Å². The molecule has 25 heavy (non-hydrogen) atoms. The van der Waals surface area contributed by atoms with E-state index in [2.05, 4.69) is 9.71 Å². The molecule has 0 atom stereocenters. The fourth-order valence-corrected chi connectivity index (χ4v) is 4.96. The van der Waals surface area contributed by atoms with Crippen LogP contribution in [0.5, 0.6) is 0 Å². The van der Waals surface area contributed by atoms with Crippen LogP contribution in [-0.2, 0) is 14.8 Å². The summed E-state index contributed by atoms with van der Waals surface area (Å²) in [5.74, 6) is -0.609. The van der Waals surface area contributed by atoms with Crippen molar-refractivity contribution in [1.29, 1.82) is 0 Å². The third-order valence-electron chi connectivity index (χ3n) is 4.06. The number of amides is 1. The van der Waals surface area contributed by atoms with Crippen LogP contribution in [0.2, 0.25) is 0 Å². The highest BCUT2D eigenvalue weighted by Gasteiger charge is 2.23. The van der Waals surface area contributed by atoms with Crippen LogP contribution in [0.15, 0.2) is 29.6 Å². The number of aromatic nitrogens is 1. The molecule has 0 aliphatic carbocycles. The van der Waals surface area contributed by atoms with Crippen LogP contribution in [0.4, 0.5) is 0 Å². The second-order valence-electron chi connectivity index (χ2n) is 6.14. The quantitative estimate of drug-likeness (QED) is 0.862. The Balaban J connectivity index is 1.64. The average molecular weight is 380 g/mol. The monoisotopic (exact) mass is 380 g/mol. The van der Waals surface area contributed by atoms with Crippen molar-refractivity contribution in [3.63, 3.8) is 0 Å². The molecule has 1 aromatic carbocycles. The Labute approximate surface area is 151 Å². The fourth-order valence-electron chi connectivity index (χ4n) is 2.72. The van der Waals surface area contributed by atoms with Gasteiger partial charge in [-0.15, -0.1) is 11.3 Å². The number of carbonyl (C=O) groups is 1. The van der Waals surface area contributed by atoms with E-state index in [-0.39, 0.29) is 11.7 Å². The van der Waals surface area contributed by atoms with Gasteiger partial charge in [0.1, 0.15) is 5.01 Å². The molecule has 1 saturated heterocycles. The van der Waals surface area contributed by atoms with Gasteiger partial charge in [-0.2, -0.15) is 0 Å². The summed E-state index contributed by atoms with van der Waals surface area (Å²) < 4.78 is 31.8. The maximum absolute atomic E-state index is 12.2. The van der Waals surface area contributed by atoms with Crippen molar-refractivity contribution in [3.05, 3.63) is 40.9 Å². The van der Waals surface area contributed by atoms with Crippen molar-refractivity contribution in [3.8, 4) is 10.6 Å². The summed E-state index contributed by atoms with van der Waals surface area (Å²) in [5, 5.41) is 2.83. The smallest absolute Gasteiger partial charge is 0.264 e. The van der Waals surface area contributed by atoms with Crippen molar-refractivity contribution in [2.45, 2.75) is 19.8 Å². The minimum absolute atomic E-state index is 0.0366. The minimum atomic E-state index is -3.65. The topological polar surface area (TPSA) is 85.4 Å². The van der Waals surface area contributed by atoms with Gasteiger partial charge in [-0.05, 0) is 37.8 Å². The van der Waals surface area contributed by atoms with Gasteiger partial charge in [0.25, 0.3) is 5.91 Å². The van der Waals surface area contributed by atoms with E-state index in [9.17, 15) is 13.2 Å². The van der Waals surface area contributed by atoms with Gasteiger partial charge in [0, 0.05) is 35.4 Å². The van der Waals surface area contributed by atoms with Crippen LogP contribution >= 0.6 is 11.3 Å². The largest absolute Gasteiger partial charge is 0.381 e. The van der Waals surface area contributed by atoms with Crippen molar-refractivity contribution >= 4 is 27.3 Å². The molecule has 0 bridgehead atoms. The highest BCUT2D eigenvalue weighted by Crippen LogP contribution is 2.23. The summed E-state index contributed by atoms with van der Waals surface area (Å²) in [4.78, 5) is 16.6. The first-order valence-corrected chi connectivity index (χ1v) is 10.6. The van der Waals surface area contributed by atoms with E-state index in [1.165, 1.54) is 11.3 Å². The number of thiazole rings is 1. The lowest BCUT2D eigenvalue weighted by Gasteiger charge is -2.21. The number of sulfonamides is 1. The highest BCUT2D eigenvalue weighted by atomic mass is 32.2. The highest BCUT2D eigenvalue weighted by molar-refractivity contribution is 7.90. The van der Waals surface area contributed by atoms with Gasteiger partial charge in [-0.25, -0.2) is 18.1 Å². The van der Waals surface area contributed by atoms with Gasteiger partial charge in [-0.1, -0.05) is 12.1 Å². The molecule has 0 radical (unpaired) electrons. The third kappa shape index (κ3) is 4.87. The SMILES string of the molecule is Cc1csc(-c2ccc(C(=O)NS(=O)(=O)CC3CCOCC3)cc2)n1. The molecule has 8 heteroatoms. The normalized spacial score (nSPS) is 15.9. The lowest BCUT2D eigenvalue weighted by Crippen LogP contribution is -2.36. The molecule has 2 heterocycles. The first kappa shape index (κ1) is 18.0. The van der Waals surface area contributed by atoms with Crippen LogP contribution in [0.3, 0.4) is 0 Å². The molecule has 1 fully saturated rings. The van der Waals surface area contributed by atoms with Crippen LogP contribution in [0.25, 0.3) is 10.6 Å². The Morgan fingerprint density at radius 2 is 1.96 bits per heavy atom. The molecule has 6 nitrogen and oxygen atoms in total. The van der Waals surface area contributed by atoms with E-state index in [4.69, 9.17) is 4.74 Å². The maximum Gasteiger partial charge on any atom is 0.264 e. The van der Waals surface area contributed by atoms with E-state index in [0.717, 1.165) is 16.3 Å². The Morgan fingerprint density at radius 1 is 1.28 bits per heavy atom. The number of hydrogen-bond donors (Lipinski definition) is 1. The van der Waals surface area contributed by atoms with Crippen molar-refractivity contribution in [2.75, 3.05) is 19.0 Å². The van der Waals surface area contributed by atoms with Gasteiger partial charge in [-0.3, -0.25) is 4.79 Å². The number of ether oxygens (including phenoxy) is 1. The van der Waals surface area contributed by atoms with E-state index in [0.29, 0.717) is 31.6 Å². The molecule has 3 rings (SSSR count). The van der Waals surface area contributed by atoms with Crippen molar-refractivity contribution in [2.24, 2.45) is 5.92 Å². The predicted octanol–water partition coefficient (Wildman–Crippen LogP) is 2.60. The first-order chi connectivity index (χ1) is 11.9. The van der Waals surface area contributed by atoms with Gasteiger partial charge >= 0.3 is 0 Å². The number of carbonyl (C=O) groups excluding carboxylic acids is 1. The Kier molecular flexibility index (Phi) is 5.51. The molecule has 0 saturated carbocycles. The number of nitrogens with one attached hydrogen (secondary N) is 1. The number of aryl methyl sites for hydroxylation is 1. The van der Waals surface area contributed by atoms with Gasteiger partial charge in [0.2, 0.25) is 10.0 Å². The van der Waals surface area contributed by atoms with Crippen LogP contribution in [0, 0.1) is 12.8 Å². The zero-order valence-electron chi connectivity index (χ0n) is 13.9. The second kappa shape index (κ2) is 7.63. The zero-order chi connectivity index (χ0) is 17.9. The molecular formula is C17H20N2O4S2. The summed E-state index contributed by atoms with van der Waals surface area (Å²) in [7, 11) is -3.65. The molecule has 1 aromatic heterocycles. The molecule has 0 spiro atoms. The van der Waals surface area contributed by atoms with Crippen LogP contribution in [0.1, 0.15) is 28.9 Å². The lowest BCUT2D eigenvalue weighted by molar-refractivity contribution is 0.0722. The van der Waals surface area contributed by atoms with E-state index in [1.807, 2.05) is 12.3 Å². The maximum atomic E-state index is 12.2. The molecule has 0 unspecified atom stereocenters. The first-order valence-electron chi connectivity index (χ1n) is 8.08. The molecular weight excluding hydrogens is 360 g/mol. The molecule has 1 aliphatic heterocycles. The van der Waals surface area contributed by atoms with Crippen molar-refractivity contribution in [1.82, 2.24) is 9.71 Å². The van der Waals surface area contributed by atoms with Gasteiger partial charge < -0.3 is 4.74 Å². The summed E-state index contributed by atoms with van der Waals surface area (Å²) in [6.45, 7) is 3.07. The van der Waals surface area contributed by atoms with Gasteiger partial charge in [0.15, 0.2) is 0 Å². The minimum Gasteiger partial charge on any atom is -0.381 e. The Morgan fingerprint density at radius 3 is 2.56 bits per heavy atom. The molecule has 2 aromatic rings.